The van der Waals surface area contributed by atoms with Crippen molar-refractivity contribution >= 4 is 11.6 Å². The number of hydrogen-bond acceptors (Lipinski definition) is 1. The summed E-state index contributed by atoms with van der Waals surface area (Å²) in [7, 11) is 0. The average Bonchev–Trinajstić information content (AvgIpc) is 2.69. The fourth-order valence-corrected chi connectivity index (χ4v) is 1.47. The van der Waals surface area contributed by atoms with Crippen molar-refractivity contribution in [3.8, 4) is 11.3 Å². The molecule has 1 aromatic heterocycles. The number of benzene rings is 1. The van der Waals surface area contributed by atoms with Crippen molar-refractivity contribution in [3.05, 3.63) is 47.2 Å². The molecule has 83 valence electrons. The topological polar surface area (TPSA) is 13.1 Å². The van der Waals surface area contributed by atoms with Crippen molar-refractivity contribution in [2.75, 3.05) is 0 Å². The zero-order valence-electron chi connectivity index (χ0n) is 7.81. The van der Waals surface area contributed by atoms with Gasteiger partial charge in [0.05, 0.1) is 16.8 Å². The molecule has 0 unspecified atom stereocenters. The molecule has 2 aromatic rings. The maximum Gasteiger partial charge on any atom is 0.416 e. The van der Waals surface area contributed by atoms with Crippen LogP contribution in [0, 0.1) is 6.07 Å². The predicted octanol–water partition coefficient (Wildman–Crippen LogP) is 4.42. The zero-order chi connectivity index (χ0) is 11.8. The number of hydrogen-bond donors (Lipinski definition) is 0. The Bertz CT molecular complexity index is 488. The van der Waals surface area contributed by atoms with Crippen LogP contribution in [0.1, 0.15) is 5.56 Å². The number of furan rings is 1. The van der Waals surface area contributed by atoms with E-state index in [9.17, 15) is 13.2 Å². The van der Waals surface area contributed by atoms with Gasteiger partial charge in [-0.2, -0.15) is 13.2 Å². The van der Waals surface area contributed by atoms with E-state index in [1.165, 1.54) is 18.4 Å². The van der Waals surface area contributed by atoms with Crippen molar-refractivity contribution in [2.45, 2.75) is 6.18 Å². The third kappa shape index (κ3) is 2.07. The summed E-state index contributed by atoms with van der Waals surface area (Å²) in [5.41, 5.74) is -0.585. The van der Waals surface area contributed by atoms with Gasteiger partial charge < -0.3 is 4.42 Å². The lowest BCUT2D eigenvalue weighted by Crippen LogP contribution is -2.04. The second kappa shape index (κ2) is 3.87. The third-order valence-corrected chi connectivity index (χ3v) is 2.34. The SMILES string of the molecule is FC(F)(F)c1ccc(Cl)c(-c2[c]cco2)c1. The third-order valence-electron chi connectivity index (χ3n) is 2.01. The van der Waals surface area contributed by atoms with E-state index in [1.807, 2.05) is 0 Å². The van der Waals surface area contributed by atoms with E-state index in [2.05, 4.69) is 6.07 Å². The largest absolute Gasteiger partial charge is 0.464 e. The average molecular weight is 246 g/mol. The lowest BCUT2D eigenvalue weighted by molar-refractivity contribution is -0.137. The van der Waals surface area contributed by atoms with Crippen LogP contribution in [0.2, 0.25) is 5.02 Å². The maximum atomic E-state index is 12.5. The fraction of sp³-hybridized carbons (Fsp3) is 0.0909. The van der Waals surface area contributed by atoms with Crippen molar-refractivity contribution in [1.29, 1.82) is 0 Å². The quantitative estimate of drug-likeness (QED) is 0.725. The molecule has 0 saturated heterocycles. The van der Waals surface area contributed by atoms with Gasteiger partial charge in [0, 0.05) is 11.6 Å². The number of alkyl halides is 3. The van der Waals surface area contributed by atoms with Crippen LogP contribution in [0.15, 0.2) is 34.9 Å². The molecule has 0 amide bonds. The highest BCUT2D eigenvalue weighted by Gasteiger charge is 2.31. The van der Waals surface area contributed by atoms with Crippen LogP contribution in [0.4, 0.5) is 13.2 Å². The minimum Gasteiger partial charge on any atom is -0.464 e. The molecule has 1 radical (unpaired) electrons. The highest BCUT2D eigenvalue weighted by Crippen LogP contribution is 2.35. The summed E-state index contributed by atoms with van der Waals surface area (Å²) in [6.07, 6.45) is -3.07. The zero-order valence-corrected chi connectivity index (χ0v) is 8.56. The minimum atomic E-state index is -4.40. The molecule has 0 atom stereocenters. The van der Waals surface area contributed by atoms with E-state index < -0.39 is 11.7 Å². The molecule has 0 bridgehead atoms. The normalized spacial score (nSPS) is 11.8. The van der Waals surface area contributed by atoms with Crippen molar-refractivity contribution < 1.29 is 17.6 Å². The number of halogens is 4. The highest BCUT2D eigenvalue weighted by atomic mass is 35.5. The van der Waals surface area contributed by atoms with E-state index >= 15 is 0 Å². The molecular formula is C11H5ClF3O. The van der Waals surface area contributed by atoms with E-state index in [0.29, 0.717) is 0 Å². The minimum absolute atomic E-state index is 0.182. The summed E-state index contributed by atoms with van der Waals surface area (Å²) >= 11 is 5.79. The number of rotatable bonds is 1. The summed E-state index contributed by atoms with van der Waals surface area (Å²) in [6.45, 7) is 0. The molecule has 1 heterocycles. The Morgan fingerprint density at radius 1 is 1.25 bits per heavy atom. The first-order valence-corrected chi connectivity index (χ1v) is 4.68. The molecular weight excluding hydrogens is 241 g/mol. The lowest BCUT2D eigenvalue weighted by Gasteiger charge is -2.08. The van der Waals surface area contributed by atoms with Gasteiger partial charge in [0.1, 0.15) is 5.76 Å². The monoisotopic (exact) mass is 245 g/mol. The molecule has 1 aromatic carbocycles. The Morgan fingerprint density at radius 3 is 2.56 bits per heavy atom. The Balaban J connectivity index is 2.54. The maximum absolute atomic E-state index is 12.5. The summed E-state index contributed by atoms with van der Waals surface area (Å²) < 4.78 is 42.3. The molecule has 5 heteroatoms. The van der Waals surface area contributed by atoms with E-state index in [0.717, 1.165) is 12.1 Å². The first kappa shape index (κ1) is 11.1. The van der Waals surface area contributed by atoms with E-state index in [-0.39, 0.29) is 16.3 Å². The molecule has 2 rings (SSSR count). The molecule has 0 fully saturated rings. The van der Waals surface area contributed by atoms with Crippen LogP contribution in [0.25, 0.3) is 11.3 Å². The Kier molecular flexibility index (Phi) is 2.68. The summed E-state index contributed by atoms with van der Waals surface area (Å²) in [5.74, 6) is 0.191. The van der Waals surface area contributed by atoms with Gasteiger partial charge in [-0.1, -0.05) is 11.6 Å². The molecule has 0 saturated carbocycles. The second-order valence-electron chi connectivity index (χ2n) is 3.09. The lowest BCUT2D eigenvalue weighted by atomic mass is 10.1. The standard InChI is InChI=1S/C11H5ClF3O/c12-9-4-3-7(11(13,14)15)6-8(9)10-2-1-5-16-10/h1,3-6H. The van der Waals surface area contributed by atoms with Crippen LogP contribution in [0.5, 0.6) is 0 Å². The van der Waals surface area contributed by atoms with Gasteiger partial charge in [0.25, 0.3) is 0 Å². The van der Waals surface area contributed by atoms with Gasteiger partial charge in [-0.3, -0.25) is 0 Å². The van der Waals surface area contributed by atoms with E-state index in [1.54, 1.807) is 0 Å². The molecule has 0 N–H and O–H groups in total. The van der Waals surface area contributed by atoms with Gasteiger partial charge in [-0.05, 0) is 24.3 Å². The summed E-state index contributed by atoms with van der Waals surface area (Å²) in [4.78, 5) is 0. The van der Waals surface area contributed by atoms with Crippen LogP contribution in [-0.4, -0.2) is 0 Å². The smallest absolute Gasteiger partial charge is 0.416 e. The molecule has 0 aliphatic carbocycles. The Morgan fingerprint density at radius 2 is 2.00 bits per heavy atom. The van der Waals surface area contributed by atoms with Gasteiger partial charge in [-0.15, -0.1) is 0 Å². The van der Waals surface area contributed by atoms with E-state index in [4.69, 9.17) is 16.0 Å². The first-order valence-electron chi connectivity index (χ1n) is 4.31. The van der Waals surface area contributed by atoms with Crippen LogP contribution in [0.3, 0.4) is 0 Å². The van der Waals surface area contributed by atoms with Gasteiger partial charge in [-0.25, -0.2) is 0 Å². The molecule has 0 aliphatic rings. The summed E-state index contributed by atoms with van der Waals surface area (Å²) in [6, 6.07) is 7.18. The second-order valence-corrected chi connectivity index (χ2v) is 3.49. The Labute approximate surface area is 94.4 Å². The highest BCUT2D eigenvalue weighted by molar-refractivity contribution is 6.33. The van der Waals surface area contributed by atoms with Crippen molar-refractivity contribution in [1.82, 2.24) is 0 Å². The van der Waals surface area contributed by atoms with Crippen molar-refractivity contribution in [2.24, 2.45) is 0 Å². The first-order chi connectivity index (χ1) is 7.48. The summed E-state index contributed by atoms with van der Waals surface area (Å²) in [5, 5.41) is 0.194. The van der Waals surface area contributed by atoms with Gasteiger partial charge >= 0.3 is 6.18 Å². The fourth-order valence-electron chi connectivity index (χ4n) is 1.26. The van der Waals surface area contributed by atoms with Crippen molar-refractivity contribution in [3.63, 3.8) is 0 Å². The molecule has 1 nitrogen and oxygen atoms in total. The van der Waals surface area contributed by atoms with Crippen LogP contribution >= 0.6 is 11.6 Å². The van der Waals surface area contributed by atoms with Crippen LogP contribution in [-0.2, 0) is 6.18 Å². The Hall–Kier alpha value is -1.42. The predicted molar refractivity (Wildman–Crippen MR) is 53.0 cm³/mol. The molecule has 16 heavy (non-hydrogen) atoms. The van der Waals surface area contributed by atoms with Crippen LogP contribution < -0.4 is 0 Å². The molecule has 0 spiro atoms. The molecule has 0 aliphatic heterocycles. The van der Waals surface area contributed by atoms with Gasteiger partial charge in [0.15, 0.2) is 0 Å². The van der Waals surface area contributed by atoms with Gasteiger partial charge in [0.2, 0.25) is 0 Å².